The highest BCUT2D eigenvalue weighted by atomic mass is 36.0. The van der Waals surface area contributed by atoms with Crippen LogP contribution in [-0.4, -0.2) is 20.5 Å². The second-order valence-corrected chi connectivity index (χ2v) is 4.23. The molecule has 8 heteroatoms. The summed E-state index contributed by atoms with van der Waals surface area (Å²) in [6.45, 7) is 2.38. The maximum Gasteiger partial charge on any atom is 0.300 e. The molecule has 0 aliphatic carbocycles. The van der Waals surface area contributed by atoms with Gasteiger partial charge in [0.2, 0.25) is 14.5 Å². The van der Waals surface area contributed by atoms with Gasteiger partial charge < -0.3 is 5.11 Å². The van der Waals surface area contributed by atoms with E-state index in [9.17, 15) is 4.79 Å². The van der Waals surface area contributed by atoms with Crippen molar-refractivity contribution in [2.75, 3.05) is 0 Å². The van der Waals surface area contributed by atoms with Crippen LogP contribution in [0.1, 0.15) is 13.8 Å². The van der Waals surface area contributed by atoms with Gasteiger partial charge in [0.25, 0.3) is 5.97 Å². The smallest absolute Gasteiger partial charge is 0.300 e. The number of hydrogen-bond acceptors (Lipinski definition) is 3. The van der Waals surface area contributed by atoms with Gasteiger partial charge in [0.05, 0.1) is 0 Å². The minimum atomic E-state index is -1.67. The molecule has 4 nitrogen and oxygen atoms in total. The Bertz CT molecular complexity index is 120. The van der Waals surface area contributed by atoms with Gasteiger partial charge in [0.15, 0.2) is 0 Å². The Morgan fingerprint density at radius 3 is 1.25 bits per heavy atom. The SMILES string of the molecule is CC(=O)Cl.CC(=O)O.O=S(Cl)Cl. The van der Waals surface area contributed by atoms with Crippen molar-refractivity contribution < 1.29 is 18.9 Å². The number of carboxylic acid groups (broad SMARTS) is 1. The van der Waals surface area contributed by atoms with Gasteiger partial charge in [-0.25, -0.2) is 4.21 Å². The highest BCUT2D eigenvalue weighted by Gasteiger charge is 1.68. The lowest BCUT2D eigenvalue weighted by Gasteiger charge is -1.59. The molecule has 0 aliphatic heterocycles. The van der Waals surface area contributed by atoms with E-state index in [1.807, 2.05) is 0 Å². The molecule has 0 bridgehead atoms. The first-order valence-corrected chi connectivity index (χ1v) is 5.48. The molecule has 1 N–H and O–H groups in total. The fourth-order valence-corrected chi connectivity index (χ4v) is 0. The third kappa shape index (κ3) is 33300. The fourth-order valence-electron chi connectivity index (χ4n) is 0. The maximum absolute atomic E-state index is 9.21. The first-order chi connectivity index (χ1) is 5.20. The Balaban J connectivity index is -0.000000101. The summed E-state index contributed by atoms with van der Waals surface area (Å²) in [5, 5.41) is 7.06. The third-order valence-electron chi connectivity index (χ3n) is 0. The van der Waals surface area contributed by atoms with Crippen molar-refractivity contribution in [2.24, 2.45) is 0 Å². The minimum Gasteiger partial charge on any atom is -0.481 e. The zero-order chi connectivity index (χ0) is 10.7. The van der Waals surface area contributed by atoms with Crippen molar-refractivity contribution in [1.82, 2.24) is 0 Å². The van der Waals surface area contributed by atoms with Gasteiger partial charge in [-0.3, -0.25) is 9.59 Å². The number of carbonyl (C=O) groups is 2. The molecule has 0 saturated heterocycles. The fraction of sp³-hybridized carbons (Fsp3) is 0.500. The summed E-state index contributed by atoms with van der Waals surface area (Å²) in [5.74, 6) is -0.833. The summed E-state index contributed by atoms with van der Waals surface area (Å²) in [4.78, 5) is 18.2. The van der Waals surface area contributed by atoms with Crippen molar-refractivity contribution in [2.45, 2.75) is 13.8 Å². The average molecular weight is 258 g/mol. The summed E-state index contributed by atoms with van der Waals surface area (Å²) in [6, 6.07) is 0. The maximum atomic E-state index is 9.21. The average Bonchev–Trinajstić information content (AvgIpc) is 1.54. The molecule has 0 aliphatic rings. The van der Waals surface area contributed by atoms with Crippen LogP contribution >= 0.6 is 33.0 Å². The van der Waals surface area contributed by atoms with Gasteiger partial charge in [0.1, 0.15) is 0 Å². The second-order valence-electron chi connectivity index (χ2n) is 1.17. The molecule has 0 aromatic heterocycles. The zero-order valence-corrected chi connectivity index (χ0v) is 9.30. The molecule has 0 heterocycles. The first-order valence-electron chi connectivity index (χ1n) is 2.30. The number of rotatable bonds is 0. The molecule has 0 aromatic rings. The minimum absolute atomic E-state index is 0.361. The molecule has 0 spiro atoms. The molecule has 0 unspecified atom stereocenters. The molecule has 74 valence electrons. The van der Waals surface area contributed by atoms with Gasteiger partial charge in [-0.1, -0.05) is 0 Å². The van der Waals surface area contributed by atoms with E-state index in [0.29, 0.717) is 0 Å². The summed E-state index contributed by atoms with van der Waals surface area (Å²) >= 11 is 4.64. The molecule has 0 fully saturated rings. The zero-order valence-electron chi connectivity index (χ0n) is 6.21. The van der Waals surface area contributed by atoms with Crippen LogP contribution < -0.4 is 0 Å². The summed E-state index contributed by atoms with van der Waals surface area (Å²) in [6.07, 6.45) is 0. The molecule has 0 aromatic carbocycles. The van der Waals surface area contributed by atoms with Crippen LogP contribution in [0, 0.1) is 0 Å². The third-order valence-corrected chi connectivity index (χ3v) is 0. The van der Waals surface area contributed by atoms with Crippen molar-refractivity contribution in [1.29, 1.82) is 0 Å². The topological polar surface area (TPSA) is 71.4 Å². The second kappa shape index (κ2) is 13.7. The molecule has 0 amide bonds. The van der Waals surface area contributed by atoms with Crippen molar-refractivity contribution >= 4 is 53.4 Å². The standard InChI is InChI=1S/C2H3ClO.C2H4O2.Cl2OS/c2*1-2(3)4;1-4(2)3/h1H3;1H3,(H,3,4);. The van der Waals surface area contributed by atoms with Crippen LogP contribution in [-0.2, 0) is 18.8 Å². The van der Waals surface area contributed by atoms with Crippen LogP contribution in [0.25, 0.3) is 0 Å². The first kappa shape index (κ1) is 18.0. The highest BCUT2D eigenvalue weighted by Crippen LogP contribution is 1.89. The van der Waals surface area contributed by atoms with Crippen LogP contribution in [0.15, 0.2) is 0 Å². The molecule has 0 saturated carbocycles. The van der Waals surface area contributed by atoms with E-state index >= 15 is 0 Å². The largest absolute Gasteiger partial charge is 0.481 e. The lowest BCUT2D eigenvalue weighted by molar-refractivity contribution is -0.134. The van der Waals surface area contributed by atoms with Gasteiger partial charge >= 0.3 is 0 Å². The Morgan fingerprint density at radius 2 is 1.25 bits per heavy atom. The van der Waals surface area contributed by atoms with E-state index in [-0.39, 0.29) is 5.24 Å². The molecule has 0 radical (unpaired) electrons. The lowest BCUT2D eigenvalue weighted by atomic mass is 10.9. The summed E-state index contributed by atoms with van der Waals surface area (Å²) in [7, 11) is 7.36. The van der Waals surface area contributed by atoms with Crippen LogP contribution in [0.2, 0.25) is 0 Å². The Labute approximate surface area is 86.3 Å². The Morgan fingerprint density at radius 1 is 1.25 bits per heavy atom. The molecule has 12 heavy (non-hydrogen) atoms. The Kier molecular flexibility index (Phi) is 20.7. The van der Waals surface area contributed by atoms with E-state index < -0.39 is 15.2 Å². The van der Waals surface area contributed by atoms with Crippen LogP contribution in [0.5, 0.6) is 0 Å². The number of hydrogen-bond donors (Lipinski definition) is 1. The van der Waals surface area contributed by atoms with Gasteiger partial charge in [0, 0.05) is 35.2 Å². The molecular weight excluding hydrogens is 250 g/mol. The molecule has 0 atom stereocenters. The Hall–Kier alpha value is 0.160. The predicted molar refractivity (Wildman–Crippen MR) is 49.7 cm³/mol. The molecule has 0 rings (SSSR count). The quantitative estimate of drug-likeness (QED) is 0.673. The number of aliphatic carboxylic acids is 1. The van der Waals surface area contributed by atoms with Crippen LogP contribution in [0.3, 0.4) is 0 Å². The number of halogens is 3. The van der Waals surface area contributed by atoms with Gasteiger partial charge in [-0.05, 0) is 11.6 Å². The monoisotopic (exact) mass is 256 g/mol. The molecular formula is C4H7Cl3O4S. The summed E-state index contributed by atoms with van der Waals surface area (Å²) < 4.78 is 9.09. The van der Waals surface area contributed by atoms with E-state index in [4.69, 9.17) is 14.1 Å². The number of carbonyl (C=O) groups excluding carboxylic acids is 1. The lowest BCUT2D eigenvalue weighted by Crippen LogP contribution is -1.78. The summed E-state index contributed by atoms with van der Waals surface area (Å²) in [5.41, 5.74) is 0. The van der Waals surface area contributed by atoms with E-state index in [1.54, 1.807) is 0 Å². The van der Waals surface area contributed by atoms with Crippen molar-refractivity contribution in [3.8, 4) is 0 Å². The predicted octanol–water partition coefficient (Wildman–Crippen LogP) is 1.91. The van der Waals surface area contributed by atoms with Crippen LogP contribution in [0.4, 0.5) is 0 Å². The van der Waals surface area contributed by atoms with Crippen molar-refractivity contribution in [3.63, 3.8) is 0 Å². The number of carboxylic acids is 1. The van der Waals surface area contributed by atoms with E-state index in [1.165, 1.54) is 6.92 Å². The van der Waals surface area contributed by atoms with E-state index in [0.717, 1.165) is 6.92 Å². The highest BCUT2D eigenvalue weighted by molar-refractivity contribution is 8.26. The van der Waals surface area contributed by atoms with Gasteiger partial charge in [-0.2, -0.15) is 0 Å². The van der Waals surface area contributed by atoms with E-state index in [2.05, 4.69) is 33.0 Å². The van der Waals surface area contributed by atoms with Crippen molar-refractivity contribution in [3.05, 3.63) is 0 Å². The normalized spacial score (nSPS) is 7.17. The van der Waals surface area contributed by atoms with Gasteiger partial charge in [-0.15, -0.1) is 0 Å².